The summed E-state index contributed by atoms with van der Waals surface area (Å²) in [6, 6.07) is 7.98. The fourth-order valence-electron chi connectivity index (χ4n) is 2.86. The molecule has 0 radical (unpaired) electrons. The van der Waals surface area contributed by atoms with Crippen LogP contribution in [0.2, 0.25) is 0 Å². The SMILES string of the molecule is COc1ccc(C(NC(=O)N2CCSC(C)(C)C2)C(C)C)cc1. The highest BCUT2D eigenvalue weighted by molar-refractivity contribution is 8.00. The molecule has 1 aromatic carbocycles. The first-order valence-corrected chi connectivity index (χ1v) is 9.14. The Hall–Kier alpha value is -1.36. The van der Waals surface area contributed by atoms with Crippen LogP contribution in [0.15, 0.2) is 24.3 Å². The van der Waals surface area contributed by atoms with E-state index in [0.717, 1.165) is 30.2 Å². The van der Waals surface area contributed by atoms with Crippen LogP contribution in [-0.4, -0.2) is 41.6 Å². The summed E-state index contributed by atoms with van der Waals surface area (Å²) in [5.41, 5.74) is 1.11. The predicted molar refractivity (Wildman–Crippen MR) is 97.2 cm³/mol. The lowest BCUT2D eigenvalue weighted by Gasteiger charge is -2.38. The van der Waals surface area contributed by atoms with Crippen molar-refractivity contribution in [2.75, 3.05) is 26.0 Å². The van der Waals surface area contributed by atoms with Crippen LogP contribution in [0.1, 0.15) is 39.3 Å². The molecule has 1 saturated heterocycles. The number of nitrogens with zero attached hydrogens (tertiary/aromatic N) is 1. The number of benzene rings is 1. The third-order valence-electron chi connectivity index (χ3n) is 4.13. The number of amides is 2. The molecule has 1 atom stereocenters. The number of hydrogen-bond acceptors (Lipinski definition) is 3. The molecular weight excluding hydrogens is 308 g/mol. The molecule has 1 N–H and O–H groups in total. The van der Waals surface area contributed by atoms with Crippen molar-refractivity contribution in [2.45, 2.75) is 38.5 Å². The van der Waals surface area contributed by atoms with Gasteiger partial charge in [0.2, 0.25) is 0 Å². The highest BCUT2D eigenvalue weighted by Gasteiger charge is 2.31. The molecular formula is C18H28N2O2S. The first-order chi connectivity index (χ1) is 10.8. The Morgan fingerprint density at radius 2 is 1.96 bits per heavy atom. The zero-order valence-corrected chi connectivity index (χ0v) is 15.6. The van der Waals surface area contributed by atoms with E-state index < -0.39 is 0 Å². The highest BCUT2D eigenvalue weighted by Crippen LogP contribution is 2.30. The van der Waals surface area contributed by atoms with Crippen molar-refractivity contribution in [3.8, 4) is 5.75 Å². The van der Waals surface area contributed by atoms with Crippen LogP contribution in [0.25, 0.3) is 0 Å². The number of rotatable bonds is 4. The van der Waals surface area contributed by atoms with Crippen LogP contribution in [0, 0.1) is 5.92 Å². The second-order valence-corrected chi connectivity index (χ2v) is 8.78. The van der Waals surface area contributed by atoms with E-state index in [2.05, 4.69) is 33.0 Å². The van der Waals surface area contributed by atoms with Crippen molar-refractivity contribution < 1.29 is 9.53 Å². The number of ether oxygens (including phenoxy) is 1. The Labute approximate surface area is 144 Å². The second kappa shape index (κ2) is 7.47. The molecule has 1 fully saturated rings. The molecule has 0 spiro atoms. The molecule has 1 aromatic rings. The molecule has 2 rings (SSSR count). The molecule has 23 heavy (non-hydrogen) atoms. The molecule has 0 bridgehead atoms. The molecule has 4 nitrogen and oxygen atoms in total. The van der Waals surface area contributed by atoms with E-state index in [9.17, 15) is 4.79 Å². The first-order valence-electron chi connectivity index (χ1n) is 8.16. The fourth-order valence-corrected chi connectivity index (χ4v) is 3.97. The maximum atomic E-state index is 12.7. The lowest BCUT2D eigenvalue weighted by molar-refractivity contribution is 0.187. The van der Waals surface area contributed by atoms with E-state index in [1.54, 1.807) is 7.11 Å². The second-order valence-electron chi connectivity index (χ2n) is 6.97. The van der Waals surface area contributed by atoms with Gasteiger partial charge in [-0.2, -0.15) is 11.8 Å². The Bertz CT molecular complexity index is 528. The van der Waals surface area contributed by atoms with Gasteiger partial charge < -0.3 is 15.0 Å². The zero-order valence-electron chi connectivity index (χ0n) is 14.8. The van der Waals surface area contributed by atoms with Crippen LogP contribution in [-0.2, 0) is 0 Å². The monoisotopic (exact) mass is 336 g/mol. The molecule has 5 heteroatoms. The van der Waals surface area contributed by atoms with Gasteiger partial charge in [-0.05, 0) is 37.5 Å². The molecule has 2 amide bonds. The van der Waals surface area contributed by atoms with Crippen molar-refractivity contribution in [3.63, 3.8) is 0 Å². The van der Waals surface area contributed by atoms with Gasteiger partial charge in [-0.1, -0.05) is 26.0 Å². The van der Waals surface area contributed by atoms with Gasteiger partial charge in [-0.15, -0.1) is 0 Å². The van der Waals surface area contributed by atoms with Crippen LogP contribution in [0.4, 0.5) is 4.79 Å². The van der Waals surface area contributed by atoms with Crippen molar-refractivity contribution in [1.29, 1.82) is 0 Å². The molecule has 1 aliphatic rings. The average Bonchev–Trinajstić information content (AvgIpc) is 2.51. The van der Waals surface area contributed by atoms with Crippen molar-refractivity contribution in [3.05, 3.63) is 29.8 Å². The number of thioether (sulfide) groups is 1. The third kappa shape index (κ3) is 4.80. The van der Waals surface area contributed by atoms with E-state index in [1.807, 2.05) is 40.9 Å². The smallest absolute Gasteiger partial charge is 0.317 e. The average molecular weight is 337 g/mol. The van der Waals surface area contributed by atoms with E-state index >= 15 is 0 Å². The van der Waals surface area contributed by atoms with E-state index in [-0.39, 0.29) is 16.8 Å². The summed E-state index contributed by atoms with van der Waals surface area (Å²) in [4.78, 5) is 14.6. The van der Waals surface area contributed by atoms with Gasteiger partial charge >= 0.3 is 6.03 Å². The van der Waals surface area contributed by atoms with Crippen LogP contribution in [0.3, 0.4) is 0 Å². The van der Waals surface area contributed by atoms with Gasteiger partial charge in [0.15, 0.2) is 0 Å². The molecule has 0 aromatic heterocycles. The fraction of sp³-hybridized carbons (Fsp3) is 0.611. The van der Waals surface area contributed by atoms with Gasteiger partial charge in [0.05, 0.1) is 13.2 Å². The number of urea groups is 1. The largest absolute Gasteiger partial charge is 0.497 e. The first kappa shape index (κ1) is 18.0. The van der Waals surface area contributed by atoms with Crippen molar-refractivity contribution in [2.24, 2.45) is 5.92 Å². The van der Waals surface area contributed by atoms with E-state index in [4.69, 9.17) is 4.74 Å². The quantitative estimate of drug-likeness (QED) is 0.906. The topological polar surface area (TPSA) is 41.6 Å². The van der Waals surface area contributed by atoms with Crippen molar-refractivity contribution >= 4 is 17.8 Å². The van der Waals surface area contributed by atoms with Gasteiger partial charge in [0.25, 0.3) is 0 Å². The molecule has 1 aliphatic heterocycles. The standard InChI is InChI=1S/C18H28N2O2S/c1-13(2)16(14-6-8-15(22-5)9-7-14)19-17(21)20-10-11-23-18(3,4)12-20/h6-9,13,16H,10-12H2,1-5H3,(H,19,21). The molecule has 0 saturated carbocycles. The number of nitrogens with one attached hydrogen (secondary N) is 1. The minimum Gasteiger partial charge on any atom is -0.497 e. The van der Waals surface area contributed by atoms with Gasteiger partial charge in [-0.25, -0.2) is 4.79 Å². The summed E-state index contributed by atoms with van der Waals surface area (Å²) in [7, 11) is 1.66. The summed E-state index contributed by atoms with van der Waals surface area (Å²) < 4.78 is 5.34. The normalized spacial score (nSPS) is 18.6. The Morgan fingerprint density at radius 3 is 2.48 bits per heavy atom. The van der Waals surface area contributed by atoms with E-state index in [1.165, 1.54) is 0 Å². The number of hydrogen-bond donors (Lipinski definition) is 1. The van der Waals surface area contributed by atoms with Gasteiger partial charge in [-0.3, -0.25) is 0 Å². The number of carbonyl (C=O) groups is 1. The summed E-state index contributed by atoms with van der Waals surface area (Å²) in [6.45, 7) is 10.3. The lowest BCUT2D eigenvalue weighted by Crippen LogP contribution is -2.51. The highest BCUT2D eigenvalue weighted by atomic mass is 32.2. The minimum absolute atomic E-state index is 0.00565. The van der Waals surface area contributed by atoms with Crippen molar-refractivity contribution in [1.82, 2.24) is 10.2 Å². The zero-order chi connectivity index (χ0) is 17.0. The van der Waals surface area contributed by atoms with Crippen LogP contribution >= 0.6 is 11.8 Å². The lowest BCUT2D eigenvalue weighted by atomic mass is 9.96. The third-order valence-corrected chi connectivity index (χ3v) is 5.43. The van der Waals surface area contributed by atoms with Crippen LogP contribution < -0.4 is 10.1 Å². The molecule has 1 heterocycles. The Balaban J connectivity index is 2.07. The van der Waals surface area contributed by atoms with E-state index in [0.29, 0.717) is 5.92 Å². The molecule has 128 valence electrons. The minimum atomic E-state index is 0.00565. The summed E-state index contributed by atoms with van der Waals surface area (Å²) in [5, 5.41) is 3.21. The van der Waals surface area contributed by atoms with Gasteiger partial charge in [0, 0.05) is 23.6 Å². The predicted octanol–water partition coefficient (Wildman–Crippen LogP) is 3.93. The van der Waals surface area contributed by atoms with Gasteiger partial charge in [0.1, 0.15) is 5.75 Å². The summed E-state index contributed by atoms with van der Waals surface area (Å²) in [5.74, 6) is 2.15. The number of carbonyl (C=O) groups excluding carboxylic acids is 1. The summed E-state index contributed by atoms with van der Waals surface area (Å²) >= 11 is 1.93. The summed E-state index contributed by atoms with van der Waals surface area (Å²) in [6.07, 6.45) is 0. The Kier molecular flexibility index (Phi) is 5.84. The Morgan fingerprint density at radius 1 is 1.30 bits per heavy atom. The maximum Gasteiger partial charge on any atom is 0.317 e. The molecule has 0 aliphatic carbocycles. The molecule has 1 unspecified atom stereocenters. The number of methoxy groups -OCH3 is 1. The van der Waals surface area contributed by atoms with Crippen LogP contribution in [0.5, 0.6) is 5.75 Å². The maximum absolute atomic E-state index is 12.7.